The Balaban J connectivity index is 2.36. The minimum Gasteiger partial charge on any atom is -0.480 e. The number of carbonyl (C=O) groups is 2. The third-order valence-corrected chi connectivity index (χ3v) is 3.09. The molecule has 8 heteroatoms. The zero-order valence-corrected chi connectivity index (χ0v) is 10.0. The summed E-state index contributed by atoms with van der Waals surface area (Å²) in [5.74, 6) is -7.40. The molecule has 2 N–H and O–H groups in total. The molecule has 20 heavy (non-hydrogen) atoms. The Morgan fingerprint density at radius 1 is 1.20 bits per heavy atom. The van der Waals surface area contributed by atoms with Crippen LogP contribution in [-0.4, -0.2) is 45.7 Å². The van der Waals surface area contributed by atoms with Gasteiger partial charge in [0.25, 0.3) is 5.91 Å². The summed E-state index contributed by atoms with van der Waals surface area (Å²) in [4.78, 5) is 23.7. The number of rotatable bonds is 2. The van der Waals surface area contributed by atoms with Crippen molar-refractivity contribution >= 4 is 11.9 Å². The number of aliphatic hydroxyl groups excluding tert-OH is 1. The fourth-order valence-corrected chi connectivity index (χ4v) is 2.12. The van der Waals surface area contributed by atoms with Gasteiger partial charge in [-0.3, -0.25) is 4.79 Å². The molecule has 1 aliphatic heterocycles. The van der Waals surface area contributed by atoms with Crippen LogP contribution in [0.1, 0.15) is 16.8 Å². The second-order valence-corrected chi connectivity index (χ2v) is 4.42. The zero-order chi connectivity index (χ0) is 15.0. The van der Waals surface area contributed by atoms with Gasteiger partial charge in [-0.15, -0.1) is 0 Å². The molecule has 0 aliphatic carbocycles. The summed E-state index contributed by atoms with van der Waals surface area (Å²) in [6, 6.07) is -0.0156. The van der Waals surface area contributed by atoms with Crippen molar-refractivity contribution in [3.8, 4) is 0 Å². The normalized spacial score (nSPS) is 22.1. The standard InChI is InChI=1S/C12H10F3NO4/c13-7-2-1-6(9(14)10(7)15)11(18)16-4-5(17)3-8(16)12(19)20/h1-2,5,8,17H,3-4H2,(H,19,20)/t5?,8-/m0/s1. The lowest BCUT2D eigenvalue weighted by Gasteiger charge is -2.21. The molecule has 0 aromatic heterocycles. The van der Waals surface area contributed by atoms with Gasteiger partial charge in [0.2, 0.25) is 0 Å². The van der Waals surface area contributed by atoms with Gasteiger partial charge >= 0.3 is 5.97 Å². The van der Waals surface area contributed by atoms with Gasteiger partial charge in [-0.2, -0.15) is 0 Å². The number of amides is 1. The number of hydrogen-bond acceptors (Lipinski definition) is 3. The predicted molar refractivity (Wildman–Crippen MR) is 59.4 cm³/mol. The number of hydrogen-bond donors (Lipinski definition) is 2. The number of benzene rings is 1. The first-order valence-electron chi connectivity index (χ1n) is 5.68. The Hall–Kier alpha value is -2.09. The average Bonchev–Trinajstić information content (AvgIpc) is 2.78. The summed E-state index contributed by atoms with van der Waals surface area (Å²) in [7, 11) is 0. The molecule has 1 unspecified atom stereocenters. The quantitative estimate of drug-likeness (QED) is 0.788. The van der Waals surface area contributed by atoms with Crippen LogP contribution in [0.4, 0.5) is 13.2 Å². The Morgan fingerprint density at radius 2 is 1.85 bits per heavy atom. The molecule has 5 nitrogen and oxygen atoms in total. The maximum absolute atomic E-state index is 13.5. The molecule has 0 spiro atoms. The van der Waals surface area contributed by atoms with Crippen molar-refractivity contribution in [2.24, 2.45) is 0 Å². The van der Waals surface area contributed by atoms with Crippen LogP contribution < -0.4 is 0 Å². The first-order valence-corrected chi connectivity index (χ1v) is 5.68. The van der Waals surface area contributed by atoms with Crippen molar-refractivity contribution in [3.63, 3.8) is 0 Å². The largest absolute Gasteiger partial charge is 0.480 e. The highest BCUT2D eigenvalue weighted by Gasteiger charge is 2.40. The van der Waals surface area contributed by atoms with Crippen LogP contribution in [0.15, 0.2) is 12.1 Å². The Labute approximate surface area is 111 Å². The summed E-state index contributed by atoms with van der Waals surface area (Å²) in [5, 5.41) is 18.3. The van der Waals surface area contributed by atoms with E-state index in [1.807, 2.05) is 0 Å². The van der Waals surface area contributed by atoms with Crippen LogP contribution in [0.5, 0.6) is 0 Å². The van der Waals surface area contributed by atoms with E-state index in [-0.39, 0.29) is 13.0 Å². The molecule has 1 fully saturated rings. The molecule has 2 rings (SSSR count). The average molecular weight is 289 g/mol. The van der Waals surface area contributed by atoms with Crippen molar-refractivity contribution in [3.05, 3.63) is 35.1 Å². The molecular formula is C12H10F3NO4. The number of carboxylic acids is 1. The molecule has 1 aromatic carbocycles. The first kappa shape index (κ1) is 14.3. The first-order chi connectivity index (χ1) is 9.32. The van der Waals surface area contributed by atoms with Crippen LogP contribution in [0.2, 0.25) is 0 Å². The summed E-state index contributed by atoms with van der Waals surface area (Å²) >= 11 is 0. The van der Waals surface area contributed by atoms with Crippen molar-refractivity contribution in [2.45, 2.75) is 18.6 Å². The van der Waals surface area contributed by atoms with E-state index in [1.54, 1.807) is 0 Å². The van der Waals surface area contributed by atoms with Gasteiger partial charge in [-0.05, 0) is 12.1 Å². The monoisotopic (exact) mass is 289 g/mol. The van der Waals surface area contributed by atoms with Crippen molar-refractivity contribution in [1.29, 1.82) is 0 Å². The summed E-state index contributed by atoms with van der Waals surface area (Å²) in [5.41, 5.74) is -0.774. The van der Waals surface area contributed by atoms with Crippen LogP contribution in [-0.2, 0) is 4.79 Å². The van der Waals surface area contributed by atoms with E-state index in [0.29, 0.717) is 6.07 Å². The van der Waals surface area contributed by atoms with E-state index in [1.165, 1.54) is 0 Å². The molecule has 1 amide bonds. The highest BCUT2D eigenvalue weighted by molar-refractivity contribution is 5.97. The summed E-state index contributed by atoms with van der Waals surface area (Å²) in [6.45, 7) is -0.311. The molecule has 1 saturated heterocycles. The minimum atomic E-state index is -1.80. The number of aliphatic hydroxyl groups is 1. The number of β-amino-alcohol motifs (C(OH)–C–C–N with tert-alkyl or cyclic N) is 1. The van der Waals surface area contributed by atoms with E-state index in [4.69, 9.17) is 5.11 Å². The Bertz CT molecular complexity index is 578. The van der Waals surface area contributed by atoms with Crippen molar-refractivity contribution in [1.82, 2.24) is 4.90 Å². The number of carboxylic acid groups (broad SMARTS) is 1. The fraction of sp³-hybridized carbons (Fsp3) is 0.333. The smallest absolute Gasteiger partial charge is 0.326 e. The molecule has 0 bridgehead atoms. The molecule has 0 radical (unpaired) electrons. The van der Waals surface area contributed by atoms with Crippen LogP contribution >= 0.6 is 0 Å². The van der Waals surface area contributed by atoms with Gasteiger partial charge in [-0.25, -0.2) is 18.0 Å². The highest BCUT2D eigenvalue weighted by atomic mass is 19.2. The molecular weight excluding hydrogens is 279 g/mol. The fourth-order valence-electron chi connectivity index (χ4n) is 2.12. The number of carbonyl (C=O) groups excluding carboxylic acids is 1. The number of likely N-dealkylation sites (tertiary alicyclic amines) is 1. The van der Waals surface area contributed by atoms with Crippen molar-refractivity contribution in [2.75, 3.05) is 6.54 Å². The zero-order valence-electron chi connectivity index (χ0n) is 10.0. The van der Waals surface area contributed by atoms with Crippen LogP contribution in [0, 0.1) is 17.5 Å². The SMILES string of the molecule is O=C(O)[C@@H]1CC(O)CN1C(=O)c1ccc(F)c(F)c1F. The second-order valence-electron chi connectivity index (χ2n) is 4.42. The predicted octanol–water partition coefficient (Wildman–Crippen LogP) is 0.764. The maximum Gasteiger partial charge on any atom is 0.326 e. The number of nitrogens with zero attached hydrogens (tertiary/aromatic N) is 1. The summed E-state index contributed by atoms with van der Waals surface area (Å²) in [6.07, 6.45) is -1.26. The van der Waals surface area contributed by atoms with Gasteiger partial charge < -0.3 is 15.1 Å². The second kappa shape index (κ2) is 5.12. The third-order valence-electron chi connectivity index (χ3n) is 3.09. The molecule has 2 atom stereocenters. The van der Waals surface area contributed by atoms with E-state index < -0.39 is 47.0 Å². The molecule has 0 saturated carbocycles. The van der Waals surface area contributed by atoms with Gasteiger partial charge in [0.1, 0.15) is 6.04 Å². The lowest BCUT2D eigenvalue weighted by Crippen LogP contribution is -2.41. The van der Waals surface area contributed by atoms with E-state index >= 15 is 0 Å². The minimum absolute atomic E-state index is 0.202. The Morgan fingerprint density at radius 3 is 2.45 bits per heavy atom. The van der Waals surface area contributed by atoms with Gasteiger partial charge in [0, 0.05) is 13.0 Å². The van der Waals surface area contributed by atoms with E-state index in [9.17, 15) is 27.9 Å². The number of aliphatic carboxylic acids is 1. The van der Waals surface area contributed by atoms with Gasteiger partial charge in [-0.1, -0.05) is 0 Å². The van der Waals surface area contributed by atoms with Crippen LogP contribution in [0.3, 0.4) is 0 Å². The maximum atomic E-state index is 13.5. The molecule has 1 heterocycles. The topological polar surface area (TPSA) is 77.8 Å². The molecule has 1 aromatic rings. The Kier molecular flexibility index (Phi) is 3.67. The van der Waals surface area contributed by atoms with Gasteiger partial charge in [0.15, 0.2) is 17.5 Å². The third kappa shape index (κ3) is 2.34. The van der Waals surface area contributed by atoms with E-state index in [0.717, 1.165) is 11.0 Å². The van der Waals surface area contributed by atoms with Crippen molar-refractivity contribution < 1.29 is 33.0 Å². The molecule has 108 valence electrons. The lowest BCUT2D eigenvalue weighted by molar-refractivity contribution is -0.141. The highest BCUT2D eigenvalue weighted by Crippen LogP contribution is 2.23. The van der Waals surface area contributed by atoms with Gasteiger partial charge in [0.05, 0.1) is 11.7 Å². The molecule has 1 aliphatic rings. The van der Waals surface area contributed by atoms with Crippen LogP contribution in [0.25, 0.3) is 0 Å². The lowest BCUT2D eigenvalue weighted by atomic mass is 10.1. The van der Waals surface area contributed by atoms with E-state index in [2.05, 4.69) is 0 Å². The number of halogens is 3. The summed E-state index contributed by atoms with van der Waals surface area (Å²) < 4.78 is 39.4.